The van der Waals surface area contributed by atoms with Crippen LogP contribution in [0.5, 0.6) is 11.5 Å². The van der Waals surface area contributed by atoms with E-state index in [2.05, 4.69) is 11.0 Å². The summed E-state index contributed by atoms with van der Waals surface area (Å²) < 4.78 is 41.4. The van der Waals surface area contributed by atoms with Crippen LogP contribution in [-0.2, 0) is 27.8 Å². The second-order valence-corrected chi connectivity index (χ2v) is 11.0. The van der Waals surface area contributed by atoms with Gasteiger partial charge in [0.05, 0.1) is 16.9 Å². The van der Waals surface area contributed by atoms with Gasteiger partial charge in [-0.3, -0.25) is 9.69 Å². The third-order valence-corrected chi connectivity index (χ3v) is 8.15. The Balaban J connectivity index is 1.59. The standard InChI is InChI=1S/C29H28N2O5S2/c1-4-17-31-28(32)27(37-29(31)30-38(33,34)24-14-11-21(5-2)12-15-24)19-23-13-16-25(26(18-23)35-3)36-20-22-9-7-6-8-10-22/h4,6-16,18-19H,1,5,17,20H2,2-3H3/b27-19-,30-29+. The van der Waals surface area contributed by atoms with Crippen molar-refractivity contribution >= 4 is 38.9 Å². The van der Waals surface area contributed by atoms with Gasteiger partial charge < -0.3 is 9.47 Å². The third kappa shape index (κ3) is 6.35. The SMILES string of the molecule is C=CCN1C(=O)/C(=C/c2ccc(OCc3ccccc3)c(OC)c2)S/C1=N/S(=O)(=O)c1ccc(CC)cc1. The summed E-state index contributed by atoms with van der Waals surface area (Å²) in [5.74, 6) is 0.730. The Morgan fingerprint density at radius 2 is 1.74 bits per heavy atom. The van der Waals surface area contributed by atoms with Crippen LogP contribution in [0.2, 0.25) is 0 Å². The molecule has 1 aliphatic heterocycles. The second-order valence-electron chi connectivity index (χ2n) is 8.35. The molecule has 1 heterocycles. The lowest BCUT2D eigenvalue weighted by molar-refractivity contribution is -0.121. The van der Waals surface area contributed by atoms with Crippen LogP contribution >= 0.6 is 11.8 Å². The number of thioether (sulfide) groups is 1. The van der Waals surface area contributed by atoms with E-state index >= 15 is 0 Å². The Bertz CT molecular complexity index is 1480. The summed E-state index contributed by atoms with van der Waals surface area (Å²) in [5.41, 5.74) is 2.74. The fraction of sp³-hybridized carbons (Fsp3) is 0.172. The molecule has 0 saturated carbocycles. The summed E-state index contributed by atoms with van der Waals surface area (Å²) in [6.45, 7) is 6.20. The fourth-order valence-electron chi connectivity index (χ4n) is 3.70. The molecule has 0 unspecified atom stereocenters. The molecule has 0 aromatic heterocycles. The molecule has 0 bridgehead atoms. The first-order chi connectivity index (χ1) is 18.3. The average Bonchev–Trinajstić information content (AvgIpc) is 3.21. The quantitative estimate of drug-likeness (QED) is 0.239. The predicted octanol–water partition coefficient (Wildman–Crippen LogP) is 5.68. The first-order valence-corrected chi connectivity index (χ1v) is 14.2. The third-order valence-electron chi connectivity index (χ3n) is 5.75. The normalized spacial score (nSPS) is 15.7. The van der Waals surface area contributed by atoms with Crippen molar-refractivity contribution in [2.75, 3.05) is 13.7 Å². The Morgan fingerprint density at radius 1 is 1.00 bits per heavy atom. The summed E-state index contributed by atoms with van der Waals surface area (Å²) in [6, 6.07) is 21.7. The van der Waals surface area contributed by atoms with Crippen LogP contribution in [0.25, 0.3) is 6.08 Å². The van der Waals surface area contributed by atoms with Crippen LogP contribution in [0.1, 0.15) is 23.6 Å². The van der Waals surface area contributed by atoms with Crippen LogP contribution in [0.15, 0.2) is 99.6 Å². The minimum Gasteiger partial charge on any atom is -0.493 e. The van der Waals surface area contributed by atoms with Crippen molar-refractivity contribution in [2.24, 2.45) is 4.40 Å². The highest BCUT2D eigenvalue weighted by Gasteiger charge is 2.34. The number of hydrogen-bond acceptors (Lipinski definition) is 6. The first kappa shape index (κ1) is 27.2. The summed E-state index contributed by atoms with van der Waals surface area (Å²) in [4.78, 5) is 14.9. The molecule has 1 aliphatic rings. The number of sulfonamides is 1. The van der Waals surface area contributed by atoms with Gasteiger partial charge in [-0.15, -0.1) is 11.0 Å². The van der Waals surface area contributed by atoms with E-state index in [4.69, 9.17) is 9.47 Å². The largest absolute Gasteiger partial charge is 0.493 e. The van der Waals surface area contributed by atoms with Gasteiger partial charge in [-0.25, -0.2) is 0 Å². The Labute approximate surface area is 227 Å². The van der Waals surface area contributed by atoms with Crippen LogP contribution in [0.4, 0.5) is 0 Å². The topological polar surface area (TPSA) is 85.3 Å². The molecule has 38 heavy (non-hydrogen) atoms. The lowest BCUT2D eigenvalue weighted by Gasteiger charge is -2.12. The average molecular weight is 549 g/mol. The molecule has 7 nitrogen and oxygen atoms in total. The van der Waals surface area contributed by atoms with Crippen LogP contribution in [-0.4, -0.2) is 38.0 Å². The van der Waals surface area contributed by atoms with Gasteiger partial charge in [0, 0.05) is 6.54 Å². The molecule has 0 atom stereocenters. The van der Waals surface area contributed by atoms with Crippen molar-refractivity contribution in [2.45, 2.75) is 24.8 Å². The minimum atomic E-state index is -4.01. The molecule has 0 spiro atoms. The van der Waals surface area contributed by atoms with Crippen molar-refractivity contribution in [3.05, 3.63) is 107 Å². The number of ether oxygens (including phenoxy) is 2. The smallest absolute Gasteiger partial charge is 0.284 e. The maximum absolute atomic E-state index is 13.2. The molecule has 3 aromatic carbocycles. The number of carbonyl (C=O) groups is 1. The highest BCUT2D eigenvalue weighted by molar-refractivity contribution is 8.19. The number of amidine groups is 1. The van der Waals surface area contributed by atoms with Crippen molar-refractivity contribution in [1.82, 2.24) is 4.90 Å². The molecule has 0 N–H and O–H groups in total. The highest BCUT2D eigenvalue weighted by Crippen LogP contribution is 2.35. The van der Waals surface area contributed by atoms with Crippen molar-refractivity contribution < 1.29 is 22.7 Å². The molecule has 196 valence electrons. The van der Waals surface area contributed by atoms with E-state index in [1.165, 1.54) is 23.1 Å². The predicted molar refractivity (Wildman–Crippen MR) is 152 cm³/mol. The molecular weight excluding hydrogens is 520 g/mol. The maximum atomic E-state index is 13.2. The first-order valence-electron chi connectivity index (χ1n) is 12.0. The van der Waals surface area contributed by atoms with Gasteiger partial charge in [0.15, 0.2) is 16.7 Å². The van der Waals surface area contributed by atoms with E-state index in [1.54, 1.807) is 37.5 Å². The number of benzene rings is 3. The van der Waals surface area contributed by atoms with E-state index in [1.807, 2.05) is 43.3 Å². The van der Waals surface area contributed by atoms with Gasteiger partial charge in [-0.2, -0.15) is 8.42 Å². The van der Waals surface area contributed by atoms with Gasteiger partial charge in [-0.05, 0) is 65.2 Å². The van der Waals surface area contributed by atoms with Gasteiger partial charge in [0.25, 0.3) is 15.9 Å². The fourth-order valence-corrected chi connectivity index (χ4v) is 5.89. The molecule has 3 aromatic rings. The van der Waals surface area contributed by atoms with Gasteiger partial charge in [0.2, 0.25) is 0 Å². The van der Waals surface area contributed by atoms with Gasteiger partial charge in [0.1, 0.15) is 6.61 Å². The van der Waals surface area contributed by atoms with Crippen LogP contribution in [0, 0.1) is 0 Å². The van der Waals surface area contributed by atoms with Crippen molar-refractivity contribution in [1.29, 1.82) is 0 Å². The lowest BCUT2D eigenvalue weighted by Crippen LogP contribution is -2.29. The molecule has 9 heteroatoms. The van der Waals surface area contributed by atoms with E-state index in [9.17, 15) is 13.2 Å². The van der Waals surface area contributed by atoms with E-state index in [-0.39, 0.29) is 22.5 Å². The molecule has 1 amide bonds. The molecule has 1 saturated heterocycles. The number of aryl methyl sites for hydroxylation is 1. The molecule has 0 aliphatic carbocycles. The summed E-state index contributed by atoms with van der Waals surface area (Å²) in [7, 11) is -2.46. The van der Waals surface area contributed by atoms with Gasteiger partial charge in [-0.1, -0.05) is 61.5 Å². The Kier molecular flexibility index (Phi) is 8.70. The molecular formula is C29H28N2O5S2. The number of rotatable bonds is 10. The molecule has 0 radical (unpaired) electrons. The zero-order valence-corrected chi connectivity index (χ0v) is 22.8. The zero-order valence-electron chi connectivity index (χ0n) is 21.2. The number of methoxy groups -OCH3 is 1. The number of hydrogen-bond donors (Lipinski definition) is 0. The van der Waals surface area contributed by atoms with E-state index in [0.717, 1.165) is 29.3 Å². The lowest BCUT2D eigenvalue weighted by atomic mass is 10.1. The van der Waals surface area contributed by atoms with Crippen molar-refractivity contribution in [3.63, 3.8) is 0 Å². The maximum Gasteiger partial charge on any atom is 0.284 e. The summed E-state index contributed by atoms with van der Waals surface area (Å²) >= 11 is 1.00. The Hall–Kier alpha value is -3.82. The second kappa shape index (κ2) is 12.1. The Morgan fingerprint density at radius 3 is 2.39 bits per heavy atom. The van der Waals surface area contributed by atoms with Crippen LogP contribution in [0.3, 0.4) is 0 Å². The summed E-state index contributed by atoms with van der Waals surface area (Å²) in [6.07, 6.45) is 4.00. The van der Waals surface area contributed by atoms with Gasteiger partial charge >= 0.3 is 0 Å². The van der Waals surface area contributed by atoms with E-state index < -0.39 is 10.0 Å². The number of nitrogens with zero attached hydrogens (tertiary/aromatic N) is 2. The molecule has 4 rings (SSSR count). The highest BCUT2D eigenvalue weighted by atomic mass is 32.2. The van der Waals surface area contributed by atoms with Crippen molar-refractivity contribution in [3.8, 4) is 11.5 Å². The number of carbonyl (C=O) groups excluding carboxylic acids is 1. The van der Waals surface area contributed by atoms with E-state index in [0.29, 0.717) is 28.6 Å². The summed E-state index contributed by atoms with van der Waals surface area (Å²) in [5, 5.41) is 0.0792. The van der Waals surface area contributed by atoms with Crippen LogP contribution < -0.4 is 9.47 Å². The molecule has 1 fully saturated rings. The zero-order chi connectivity index (χ0) is 27.1. The monoisotopic (exact) mass is 548 g/mol. The number of amides is 1. The minimum absolute atomic E-state index is 0.0714.